The van der Waals surface area contributed by atoms with Gasteiger partial charge in [-0.25, -0.2) is 9.48 Å². The Labute approximate surface area is 164 Å². The second-order valence-electron chi connectivity index (χ2n) is 8.30. The summed E-state index contributed by atoms with van der Waals surface area (Å²) < 4.78 is 8.57. The third kappa shape index (κ3) is 3.45. The maximum Gasteiger partial charge on any atom is 0.345 e. The molecule has 0 aliphatic carbocycles. The average molecular weight is 384 g/mol. The molecule has 2 unspecified atom stereocenters. The second kappa shape index (κ2) is 7.45. The number of ether oxygens (including phenoxy) is 1. The number of fused-ring (bicyclic) bond motifs is 3. The molecule has 1 saturated heterocycles. The van der Waals surface area contributed by atoms with Crippen LogP contribution in [-0.4, -0.2) is 44.3 Å². The largest absolute Gasteiger partial charge is 0.497 e. The van der Waals surface area contributed by atoms with Gasteiger partial charge in [-0.1, -0.05) is 26.0 Å². The fraction of sp³-hybridized carbons (Fsp3) is 0.571. The van der Waals surface area contributed by atoms with E-state index in [9.17, 15) is 9.59 Å². The highest BCUT2D eigenvalue weighted by molar-refractivity contribution is 5.80. The Kier molecular flexibility index (Phi) is 5.00. The van der Waals surface area contributed by atoms with Crippen LogP contribution in [0.4, 0.5) is 0 Å². The molecule has 3 heterocycles. The number of hydrogen-bond donors (Lipinski definition) is 0. The van der Waals surface area contributed by atoms with Crippen LogP contribution in [0.2, 0.25) is 0 Å². The normalized spacial score (nSPS) is 20.9. The van der Waals surface area contributed by atoms with Gasteiger partial charge >= 0.3 is 5.69 Å². The second-order valence-corrected chi connectivity index (χ2v) is 8.30. The Bertz CT molecular complexity index is 913. The molecular weight excluding hydrogens is 356 g/mol. The van der Waals surface area contributed by atoms with Crippen molar-refractivity contribution in [2.45, 2.75) is 64.7 Å². The molecule has 1 aromatic heterocycles. The van der Waals surface area contributed by atoms with E-state index < -0.39 is 0 Å². The van der Waals surface area contributed by atoms with Crippen molar-refractivity contribution < 1.29 is 9.53 Å². The van der Waals surface area contributed by atoms with Gasteiger partial charge in [0.05, 0.1) is 19.6 Å². The smallest absolute Gasteiger partial charge is 0.345 e. The highest BCUT2D eigenvalue weighted by Crippen LogP contribution is 2.31. The lowest BCUT2D eigenvalue weighted by molar-refractivity contribution is -0.133. The van der Waals surface area contributed by atoms with Crippen molar-refractivity contribution in [2.75, 3.05) is 7.11 Å². The third-order valence-electron chi connectivity index (χ3n) is 5.77. The van der Waals surface area contributed by atoms with Gasteiger partial charge in [0.1, 0.15) is 11.6 Å². The fourth-order valence-electron chi connectivity index (χ4n) is 4.46. The molecule has 0 N–H and O–H groups in total. The van der Waals surface area contributed by atoms with Crippen molar-refractivity contribution in [3.8, 4) is 5.75 Å². The van der Waals surface area contributed by atoms with E-state index in [2.05, 4.69) is 18.9 Å². The van der Waals surface area contributed by atoms with E-state index in [0.717, 1.165) is 30.0 Å². The van der Waals surface area contributed by atoms with Gasteiger partial charge in [-0.15, -0.1) is 0 Å². The van der Waals surface area contributed by atoms with Gasteiger partial charge in [0.25, 0.3) is 0 Å². The molecule has 1 aromatic carbocycles. The van der Waals surface area contributed by atoms with Crippen molar-refractivity contribution in [3.05, 3.63) is 46.1 Å². The summed E-state index contributed by atoms with van der Waals surface area (Å²) in [5.74, 6) is 2.11. The van der Waals surface area contributed by atoms with Crippen LogP contribution in [0.3, 0.4) is 0 Å². The Morgan fingerprint density at radius 1 is 1.21 bits per heavy atom. The molecule has 7 heteroatoms. The zero-order valence-electron chi connectivity index (χ0n) is 16.8. The van der Waals surface area contributed by atoms with Crippen molar-refractivity contribution in [1.29, 1.82) is 0 Å². The lowest BCUT2D eigenvalue weighted by Gasteiger charge is -2.28. The summed E-state index contributed by atoms with van der Waals surface area (Å²) in [6.07, 6.45) is 2.95. The monoisotopic (exact) mass is 384 g/mol. The fourth-order valence-corrected chi connectivity index (χ4v) is 4.46. The van der Waals surface area contributed by atoms with Crippen LogP contribution in [0, 0.1) is 5.92 Å². The van der Waals surface area contributed by atoms with Crippen molar-refractivity contribution >= 4 is 5.91 Å². The summed E-state index contributed by atoms with van der Waals surface area (Å²) in [6, 6.07) is 7.84. The van der Waals surface area contributed by atoms with Gasteiger partial charge < -0.3 is 9.64 Å². The van der Waals surface area contributed by atoms with Crippen molar-refractivity contribution in [1.82, 2.24) is 19.2 Å². The topological polar surface area (TPSA) is 69.4 Å². The quantitative estimate of drug-likeness (QED) is 0.789. The van der Waals surface area contributed by atoms with Crippen LogP contribution in [-0.2, 0) is 30.7 Å². The number of aromatic nitrogens is 3. The molecule has 0 spiro atoms. The Balaban J connectivity index is 1.53. The minimum absolute atomic E-state index is 0.0428. The first kappa shape index (κ1) is 18.8. The lowest BCUT2D eigenvalue weighted by Crippen LogP contribution is -2.43. The molecule has 2 atom stereocenters. The zero-order valence-corrected chi connectivity index (χ0v) is 16.8. The lowest BCUT2D eigenvalue weighted by atomic mass is 10.1. The van der Waals surface area contributed by atoms with E-state index in [-0.39, 0.29) is 23.7 Å². The summed E-state index contributed by atoms with van der Waals surface area (Å²) in [5, 5.41) is 4.58. The molecule has 2 aromatic rings. The van der Waals surface area contributed by atoms with E-state index in [4.69, 9.17) is 4.74 Å². The molecule has 28 heavy (non-hydrogen) atoms. The Morgan fingerprint density at radius 3 is 2.61 bits per heavy atom. The highest BCUT2D eigenvalue weighted by Gasteiger charge is 2.41. The number of nitrogens with zero attached hydrogens (tertiary/aromatic N) is 4. The van der Waals surface area contributed by atoms with Crippen LogP contribution in [0.15, 0.2) is 29.1 Å². The first-order valence-electron chi connectivity index (χ1n) is 10.1. The first-order chi connectivity index (χ1) is 13.5. The van der Waals surface area contributed by atoms with Crippen LogP contribution in [0.25, 0.3) is 0 Å². The third-order valence-corrected chi connectivity index (χ3v) is 5.77. The number of carbonyl (C=O) groups is 1. The molecule has 7 nitrogen and oxygen atoms in total. The summed E-state index contributed by atoms with van der Waals surface area (Å²) in [5.41, 5.74) is 0.935. The number of rotatable bonds is 5. The number of amides is 1. The number of carbonyl (C=O) groups excluding carboxylic acids is 1. The molecule has 1 fully saturated rings. The van der Waals surface area contributed by atoms with E-state index in [0.29, 0.717) is 31.8 Å². The van der Waals surface area contributed by atoms with Crippen LogP contribution >= 0.6 is 0 Å². The Morgan fingerprint density at radius 2 is 1.93 bits per heavy atom. The van der Waals surface area contributed by atoms with E-state index in [1.54, 1.807) is 16.4 Å². The zero-order chi connectivity index (χ0) is 19.8. The predicted molar refractivity (Wildman–Crippen MR) is 105 cm³/mol. The summed E-state index contributed by atoms with van der Waals surface area (Å²) >= 11 is 0. The molecule has 2 aliphatic heterocycles. The van der Waals surface area contributed by atoms with Gasteiger partial charge in [0.2, 0.25) is 5.91 Å². The van der Waals surface area contributed by atoms with Gasteiger partial charge in [-0.3, -0.25) is 9.36 Å². The Hall–Kier alpha value is -2.57. The summed E-state index contributed by atoms with van der Waals surface area (Å²) in [6.45, 7) is 5.35. The van der Waals surface area contributed by atoms with E-state index in [1.165, 1.54) is 0 Å². The van der Waals surface area contributed by atoms with Gasteiger partial charge in [0, 0.05) is 25.6 Å². The SMILES string of the molecule is COc1ccc(CC(=O)N2C3CCC2Cn2c(nn(CC(C)C)c2=O)C3)cc1. The average Bonchev–Trinajstić information content (AvgIpc) is 3.11. The van der Waals surface area contributed by atoms with Crippen LogP contribution < -0.4 is 10.4 Å². The molecule has 150 valence electrons. The maximum atomic E-state index is 13.1. The molecular formula is C21H28N4O3. The minimum Gasteiger partial charge on any atom is -0.497 e. The van der Waals surface area contributed by atoms with Crippen LogP contribution in [0.5, 0.6) is 5.75 Å². The minimum atomic E-state index is -0.0428. The molecule has 2 bridgehead atoms. The van der Waals surface area contributed by atoms with Crippen LogP contribution in [0.1, 0.15) is 38.1 Å². The summed E-state index contributed by atoms with van der Waals surface area (Å²) in [4.78, 5) is 27.9. The number of methoxy groups -OCH3 is 1. The van der Waals surface area contributed by atoms with Gasteiger partial charge in [-0.05, 0) is 36.5 Å². The van der Waals surface area contributed by atoms with Gasteiger partial charge in [-0.2, -0.15) is 5.10 Å². The number of benzene rings is 1. The molecule has 0 saturated carbocycles. The first-order valence-corrected chi connectivity index (χ1v) is 10.1. The molecule has 2 aliphatic rings. The standard InChI is InChI=1S/C21H28N4O3/c1-14(2)12-24-21(27)23-13-17-7-6-16(11-19(23)22-24)25(17)20(26)10-15-4-8-18(28-3)9-5-15/h4-5,8-9,14,16-17H,6-7,10-13H2,1-3H3. The van der Waals surface area contributed by atoms with Gasteiger partial charge in [0.15, 0.2) is 0 Å². The summed E-state index contributed by atoms with van der Waals surface area (Å²) in [7, 11) is 1.63. The number of hydrogen-bond acceptors (Lipinski definition) is 4. The van der Waals surface area contributed by atoms with E-state index in [1.807, 2.05) is 29.2 Å². The maximum absolute atomic E-state index is 13.1. The highest BCUT2D eigenvalue weighted by atomic mass is 16.5. The predicted octanol–water partition coefficient (Wildman–Crippen LogP) is 1.87. The van der Waals surface area contributed by atoms with E-state index >= 15 is 0 Å². The van der Waals surface area contributed by atoms with Crippen molar-refractivity contribution in [2.24, 2.45) is 5.92 Å². The van der Waals surface area contributed by atoms with Crippen molar-refractivity contribution in [3.63, 3.8) is 0 Å². The molecule has 0 radical (unpaired) electrons. The molecule has 4 rings (SSSR count). The molecule has 1 amide bonds.